The number of benzene rings is 1. The van der Waals surface area contributed by atoms with E-state index in [2.05, 4.69) is 27.9 Å². The molecule has 1 aliphatic rings. The monoisotopic (exact) mass is 259 g/mol. The van der Waals surface area contributed by atoms with E-state index in [9.17, 15) is 5.11 Å². The zero-order valence-electron chi connectivity index (χ0n) is 11.3. The van der Waals surface area contributed by atoms with E-state index in [1.807, 2.05) is 18.2 Å². The van der Waals surface area contributed by atoms with Crippen LogP contribution in [0.3, 0.4) is 0 Å². The molecule has 0 saturated heterocycles. The summed E-state index contributed by atoms with van der Waals surface area (Å²) >= 11 is 0. The van der Waals surface area contributed by atoms with Crippen LogP contribution in [0.1, 0.15) is 25.6 Å². The van der Waals surface area contributed by atoms with Crippen molar-refractivity contribution in [2.75, 3.05) is 6.54 Å². The highest BCUT2D eigenvalue weighted by molar-refractivity contribution is 5.75. The van der Waals surface area contributed by atoms with Crippen LogP contribution in [0.25, 0.3) is 11.0 Å². The van der Waals surface area contributed by atoms with Crippen molar-refractivity contribution in [1.82, 2.24) is 14.9 Å². The van der Waals surface area contributed by atoms with Gasteiger partial charge in [0.2, 0.25) is 0 Å². The predicted octanol–water partition coefficient (Wildman–Crippen LogP) is 1.92. The lowest BCUT2D eigenvalue weighted by atomic mass is 10.2. The van der Waals surface area contributed by atoms with Crippen molar-refractivity contribution < 1.29 is 5.11 Å². The Bertz CT molecular complexity index is 560. The van der Waals surface area contributed by atoms with Crippen molar-refractivity contribution in [1.29, 1.82) is 0 Å². The molecule has 19 heavy (non-hydrogen) atoms. The van der Waals surface area contributed by atoms with E-state index >= 15 is 0 Å². The van der Waals surface area contributed by atoms with E-state index in [-0.39, 0.29) is 6.10 Å². The molecule has 4 heteroatoms. The number of rotatable bonds is 6. The number of aryl methyl sites for hydroxylation is 1. The molecule has 1 saturated carbocycles. The van der Waals surface area contributed by atoms with Gasteiger partial charge in [-0.05, 0) is 37.8 Å². The van der Waals surface area contributed by atoms with E-state index < -0.39 is 0 Å². The van der Waals surface area contributed by atoms with E-state index in [0.717, 1.165) is 17.9 Å². The van der Waals surface area contributed by atoms with Gasteiger partial charge in [0.15, 0.2) is 0 Å². The molecule has 1 heterocycles. The maximum absolute atomic E-state index is 9.84. The first-order valence-corrected chi connectivity index (χ1v) is 7.12. The molecule has 0 amide bonds. The molecule has 1 aromatic carbocycles. The van der Waals surface area contributed by atoms with Gasteiger partial charge < -0.3 is 15.0 Å². The molecule has 1 aliphatic carbocycles. The van der Waals surface area contributed by atoms with Crippen molar-refractivity contribution in [2.45, 2.75) is 39.0 Å². The normalized spacial score (nSPS) is 16.9. The van der Waals surface area contributed by atoms with Gasteiger partial charge >= 0.3 is 0 Å². The summed E-state index contributed by atoms with van der Waals surface area (Å²) in [5, 5.41) is 13.2. The number of imidazole rings is 1. The molecule has 0 radical (unpaired) electrons. The van der Waals surface area contributed by atoms with Gasteiger partial charge in [0.25, 0.3) is 0 Å². The molecule has 1 fully saturated rings. The molecule has 4 nitrogen and oxygen atoms in total. The summed E-state index contributed by atoms with van der Waals surface area (Å²) in [6, 6.07) is 8.21. The SMILES string of the molecule is CCn1c(CNCC(O)C2CC2)nc2ccccc21. The van der Waals surface area contributed by atoms with Gasteiger partial charge in [-0.3, -0.25) is 0 Å². The highest BCUT2D eigenvalue weighted by atomic mass is 16.3. The smallest absolute Gasteiger partial charge is 0.123 e. The van der Waals surface area contributed by atoms with Crippen molar-refractivity contribution in [3.63, 3.8) is 0 Å². The van der Waals surface area contributed by atoms with Gasteiger partial charge in [0.1, 0.15) is 5.82 Å². The third-order valence-corrected chi connectivity index (χ3v) is 3.85. The fourth-order valence-electron chi connectivity index (χ4n) is 2.59. The van der Waals surface area contributed by atoms with Gasteiger partial charge in [-0.15, -0.1) is 0 Å². The number of fused-ring (bicyclic) bond motifs is 1. The van der Waals surface area contributed by atoms with Crippen LogP contribution in [0.15, 0.2) is 24.3 Å². The zero-order valence-corrected chi connectivity index (χ0v) is 11.3. The van der Waals surface area contributed by atoms with Crippen LogP contribution in [0, 0.1) is 5.92 Å². The minimum absolute atomic E-state index is 0.195. The first-order chi connectivity index (χ1) is 9.29. The van der Waals surface area contributed by atoms with Crippen molar-refractivity contribution in [3.8, 4) is 0 Å². The maximum Gasteiger partial charge on any atom is 0.123 e. The van der Waals surface area contributed by atoms with E-state index in [4.69, 9.17) is 0 Å². The third-order valence-electron chi connectivity index (χ3n) is 3.85. The van der Waals surface area contributed by atoms with Crippen LogP contribution in [0.5, 0.6) is 0 Å². The molecule has 1 atom stereocenters. The minimum Gasteiger partial charge on any atom is -0.392 e. The van der Waals surface area contributed by atoms with E-state index in [0.29, 0.717) is 19.0 Å². The fourth-order valence-corrected chi connectivity index (χ4v) is 2.59. The summed E-state index contributed by atoms with van der Waals surface area (Å²) in [5.41, 5.74) is 2.23. The van der Waals surface area contributed by atoms with Crippen molar-refractivity contribution >= 4 is 11.0 Å². The van der Waals surface area contributed by atoms with Crippen molar-refractivity contribution in [3.05, 3.63) is 30.1 Å². The number of nitrogens with zero attached hydrogens (tertiary/aromatic N) is 2. The predicted molar refractivity (Wildman–Crippen MR) is 75.8 cm³/mol. The molecule has 0 spiro atoms. The summed E-state index contributed by atoms with van der Waals surface area (Å²) < 4.78 is 2.23. The number of para-hydroxylation sites is 2. The summed E-state index contributed by atoms with van der Waals surface area (Å²) in [7, 11) is 0. The quantitative estimate of drug-likeness (QED) is 0.833. The van der Waals surface area contributed by atoms with Crippen LogP contribution in [0.2, 0.25) is 0 Å². The molecule has 1 aromatic heterocycles. The van der Waals surface area contributed by atoms with Crippen LogP contribution in [-0.4, -0.2) is 27.3 Å². The van der Waals surface area contributed by atoms with E-state index in [1.54, 1.807) is 0 Å². The summed E-state index contributed by atoms with van der Waals surface area (Å²) in [6.45, 7) is 4.43. The van der Waals surface area contributed by atoms with Crippen LogP contribution in [-0.2, 0) is 13.1 Å². The molecule has 3 rings (SSSR count). The van der Waals surface area contributed by atoms with Crippen LogP contribution >= 0.6 is 0 Å². The van der Waals surface area contributed by atoms with Gasteiger partial charge in [-0.2, -0.15) is 0 Å². The molecule has 0 aliphatic heterocycles. The average Bonchev–Trinajstić information content (AvgIpc) is 3.20. The fraction of sp³-hybridized carbons (Fsp3) is 0.533. The topological polar surface area (TPSA) is 50.1 Å². The Hall–Kier alpha value is -1.39. The first-order valence-electron chi connectivity index (χ1n) is 7.12. The minimum atomic E-state index is -0.195. The molecular weight excluding hydrogens is 238 g/mol. The molecule has 102 valence electrons. The number of hydrogen-bond acceptors (Lipinski definition) is 3. The Kier molecular flexibility index (Phi) is 3.53. The summed E-state index contributed by atoms with van der Waals surface area (Å²) in [5.74, 6) is 1.57. The lowest BCUT2D eigenvalue weighted by molar-refractivity contribution is 0.148. The van der Waals surface area contributed by atoms with Gasteiger partial charge in [0.05, 0.1) is 23.7 Å². The molecular formula is C15H21N3O. The molecule has 2 N–H and O–H groups in total. The average molecular weight is 259 g/mol. The second-order valence-electron chi connectivity index (χ2n) is 5.30. The Morgan fingerprint density at radius 3 is 2.95 bits per heavy atom. The summed E-state index contributed by atoms with van der Waals surface area (Å²) in [6.07, 6.45) is 2.16. The number of aliphatic hydroxyl groups excluding tert-OH is 1. The number of nitrogens with one attached hydrogen (secondary N) is 1. The van der Waals surface area contributed by atoms with Crippen LogP contribution in [0.4, 0.5) is 0 Å². The second kappa shape index (κ2) is 5.31. The van der Waals surface area contributed by atoms with Crippen LogP contribution < -0.4 is 5.32 Å². The largest absolute Gasteiger partial charge is 0.392 e. The standard InChI is InChI=1S/C15H21N3O/c1-2-18-13-6-4-3-5-12(13)17-15(18)10-16-9-14(19)11-7-8-11/h3-6,11,14,16,19H,2,7-10H2,1H3. The van der Waals surface area contributed by atoms with Crippen molar-refractivity contribution in [2.24, 2.45) is 5.92 Å². The highest BCUT2D eigenvalue weighted by Crippen LogP contribution is 2.32. The number of aliphatic hydroxyl groups is 1. The zero-order chi connectivity index (χ0) is 13.2. The maximum atomic E-state index is 9.84. The highest BCUT2D eigenvalue weighted by Gasteiger charge is 2.29. The number of aromatic nitrogens is 2. The Morgan fingerprint density at radius 2 is 2.21 bits per heavy atom. The second-order valence-corrected chi connectivity index (χ2v) is 5.30. The first kappa shape index (κ1) is 12.6. The molecule has 1 unspecified atom stereocenters. The molecule has 2 aromatic rings. The molecule has 0 bridgehead atoms. The lowest BCUT2D eigenvalue weighted by Crippen LogP contribution is -2.28. The van der Waals surface area contributed by atoms with Gasteiger partial charge in [0, 0.05) is 13.1 Å². The van der Waals surface area contributed by atoms with Gasteiger partial charge in [-0.1, -0.05) is 12.1 Å². The Labute approximate surface area is 113 Å². The number of hydrogen-bond donors (Lipinski definition) is 2. The summed E-state index contributed by atoms with van der Waals surface area (Å²) in [4.78, 5) is 4.66. The van der Waals surface area contributed by atoms with E-state index in [1.165, 1.54) is 18.4 Å². The Balaban J connectivity index is 1.69. The Morgan fingerprint density at radius 1 is 1.42 bits per heavy atom. The lowest BCUT2D eigenvalue weighted by Gasteiger charge is -2.11. The van der Waals surface area contributed by atoms with Gasteiger partial charge in [-0.25, -0.2) is 4.98 Å². The third kappa shape index (κ3) is 2.65.